The summed E-state index contributed by atoms with van der Waals surface area (Å²) in [6, 6.07) is 4.64. The van der Waals surface area contributed by atoms with Gasteiger partial charge in [0.25, 0.3) is 0 Å². The molecule has 0 saturated heterocycles. The van der Waals surface area contributed by atoms with Crippen molar-refractivity contribution in [1.82, 2.24) is 0 Å². The molecular formula is C8H9Cl2O4P. The van der Waals surface area contributed by atoms with Crippen molar-refractivity contribution in [3.8, 4) is 17.2 Å². The van der Waals surface area contributed by atoms with E-state index in [1.54, 1.807) is 6.07 Å². The molecular weight excluding hydrogens is 262 g/mol. The van der Waals surface area contributed by atoms with Crippen molar-refractivity contribution in [2.24, 2.45) is 0 Å². The molecule has 0 radical (unpaired) electrons. The highest BCUT2D eigenvalue weighted by Crippen LogP contribution is 2.57. The molecule has 0 atom stereocenters. The lowest BCUT2D eigenvalue weighted by Crippen LogP contribution is -1.89. The Kier molecular flexibility index (Phi) is 4.14. The van der Waals surface area contributed by atoms with Gasteiger partial charge in [0.2, 0.25) is 0 Å². The van der Waals surface area contributed by atoms with E-state index in [0.29, 0.717) is 11.5 Å². The van der Waals surface area contributed by atoms with Gasteiger partial charge in [-0.05, 0) is 0 Å². The van der Waals surface area contributed by atoms with E-state index in [1.165, 1.54) is 26.4 Å². The van der Waals surface area contributed by atoms with E-state index < -0.39 is 6.07 Å². The van der Waals surface area contributed by atoms with Crippen molar-refractivity contribution < 1.29 is 18.6 Å². The third-order valence-electron chi connectivity index (χ3n) is 1.54. The van der Waals surface area contributed by atoms with Gasteiger partial charge in [0.1, 0.15) is 17.2 Å². The summed E-state index contributed by atoms with van der Waals surface area (Å²) >= 11 is 10.6. The molecule has 1 aromatic carbocycles. The van der Waals surface area contributed by atoms with Gasteiger partial charge < -0.3 is 14.0 Å². The van der Waals surface area contributed by atoms with Crippen LogP contribution in [0.4, 0.5) is 0 Å². The second kappa shape index (κ2) is 4.97. The van der Waals surface area contributed by atoms with E-state index in [2.05, 4.69) is 0 Å². The first-order valence-corrected chi connectivity index (χ1v) is 7.30. The maximum absolute atomic E-state index is 11.0. The van der Waals surface area contributed by atoms with Gasteiger partial charge in [-0.1, -0.05) is 0 Å². The Morgan fingerprint density at radius 2 is 1.40 bits per heavy atom. The summed E-state index contributed by atoms with van der Waals surface area (Å²) in [6.07, 6.45) is -3.61. The lowest BCUT2D eigenvalue weighted by atomic mass is 10.3. The number of halogens is 2. The normalized spacial score (nSPS) is 10.9. The zero-order valence-corrected chi connectivity index (χ0v) is 10.5. The molecule has 0 aliphatic rings. The lowest BCUT2D eigenvalue weighted by molar-refractivity contribution is 0.390. The Morgan fingerprint density at radius 1 is 1.00 bits per heavy atom. The van der Waals surface area contributed by atoms with Crippen LogP contribution in [-0.4, -0.2) is 14.2 Å². The van der Waals surface area contributed by atoms with Crippen LogP contribution in [0.25, 0.3) is 0 Å². The summed E-state index contributed by atoms with van der Waals surface area (Å²) in [5, 5.41) is 0. The van der Waals surface area contributed by atoms with E-state index in [4.69, 9.17) is 36.5 Å². The molecule has 0 fully saturated rings. The summed E-state index contributed by atoms with van der Waals surface area (Å²) in [6.45, 7) is 0. The third kappa shape index (κ3) is 4.20. The van der Waals surface area contributed by atoms with Crippen LogP contribution < -0.4 is 14.0 Å². The molecule has 1 aromatic rings. The standard InChI is InChI=1S/C8H9Cl2O4P/c1-12-6-3-7(13-2)5-8(4-6)14-15(9,10)11/h3-5H,1-2H3. The highest BCUT2D eigenvalue weighted by atomic mass is 35.9. The van der Waals surface area contributed by atoms with Gasteiger partial charge in [-0.3, -0.25) is 0 Å². The molecule has 0 N–H and O–H groups in total. The fourth-order valence-corrected chi connectivity index (χ4v) is 1.79. The molecule has 0 unspecified atom stereocenters. The minimum atomic E-state index is -3.61. The molecule has 0 aliphatic heterocycles. The number of hydrogen-bond acceptors (Lipinski definition) is 4. The first-order chi connectivity index (χ1) is 6.94. The molecule has 0 bridgehead atoms. The minimum absolute atomic E-state index is 0.222. The van der Waals surface area contributed by atoms with Gasteiger partial charge >= 0.3 is 6.07 Å². The van der Waals surface area contributed by atoms with Crippen molar-refractivity contribution in [2.45, 2.75) is 0 Å². The van der Waals surface area contributed by atoms with Crippen molar-refractivity contribution in [3.63, 3.8) is 0 Å². The van der Waals surface area contributed by atoms with E-state index in [1.807, 2.05) is 0 Å². The van der Waals surface area contributed by atoms with Gasteiger partial charge in [0.05, 0.1) is 14.2 Å². The van der Waals surface area contributed by atoms with E-state index >= 15 is 0 Å². The summed E-state index contributed by atoms with van der Waals surface area (Å²) in [4.78, 5) is 0. The zero-order chi connectivity index (χ0) is 11.5. The number of methoxy groups -OCH3 is 2. The molecule has 15 heavy (non-hydrogen) atoms. The molecule has 0 saturated carbocycles. The van der Waals surface area contributed by atoms with Gasteiger partial charge in [-0.15, -0.1) is 0 Å². The van der Waals surface area contributed by atoms with Gasteiger partial charge in [0.15, 0.2) is 0 Å². The molecule has 0 amide bonds. The van der Waals surface area contributed by atoms with Crippen LogP contribution in [0.15, 0.2) is 18.2 Å². The highest BCUT2D eigenvalue weighted by Gasteiger charge is 2.17. The second-order valence-corrected chi connectivity index (χ2v) is 6.76. The SMILES string of the molecule is COc1cc(OC)cc(OP(=O)(Cl)Cl)c1. The summed E-state index contributed by atoms with van der Waals surface area (Å²) in [7, 11) is 2.97. The van der Waals surface area contributed by atoms with Crippen LogP contribution in [0, 0.1) is 0 Å². The van der Waals surface area contributed by atoms with Crippen LogP contribution in [0.3, 0.4) is 0 Å². The number of hydrogen-bond donors (Lipinski definition) is 0. The van der Waals surface area contributed by atoms with Crippen LogP contribution in [0.5, 0.6) is 17.2 Å². The number of ether oxygens (including phenoxy) is 2. The lowest BCUT2D eigenvalue weighted by Gasteiger charge is -2.09. The molecule has 7 heteroatoms. The van der Waals surface area contributed by atoms with Crippen molar-refractivity contribution >= 4 is 28.6 Å². The zero-order valence-electron chi connectivity index (χ0n) is 8.07. The summed E-state index contributed by atoms with van der Waals surface area (Å²) in [5.41, 5.74) is 0. The van der Waals surface area contributed by atoms with Crippen LogP contribution >= 0.6 is 28.6 Å². The third-order valence-corrected chi connectivity index (χ3v) is 2.37. The average molecular weight is 271 g/mol. The average Bonchev–Trinajstić information content (AvgIpc) is 2.14. The van der Waals surface area contributed by atoms with Gasteiger partial charge in [-0.2, -0.15) is 0 Å². The molecule has 0 heterocycles. The van der Waals surface area contributed by atoms with Crippen LogP contribution in [-0.2, 0) is 4.57 Å². The Labute approximate surface area is 97.1 Å². The molecule has 84 valence electrons. The quantitative estimate of drug-likeness (QED) is 0.784. The second-order valence-electron chi connectivity index (χ2n) is 2.55. The van der Waals surface area contributed by atoms with Crippen molar-refractivity contribution in [1.29, 1.82) is 0 Å². The first-order valence-electron chi connectivity index (χ1n) is 3.86. The van der Waals surface area contributed by atoms with Crippen LogP contribution in [0.1, 0.15) is 0 Å². The van der Waals surface area contributed by atoms with Crippen LogP contribution in [0.2, 0.25) is 0 Å². The smallest absolute Gasteiger partial charge is 0.428 e. The largest absolute Gasteiger partial charge is 0.496 e. The first kappa shape index (κ1) is 12.5. The van der Waals surface area contributed by atoms with E-state index in [-0.39, 0.29) is 5.75 Å². The summed E-state index contributed by atoms with van der Waals surface area (Å²) in [5.74, 6) is 1.21. The maximum atomic E-state index is 11.0. The number of benzene rings is 1. The summed E-state index contributed by atoms with van der Waals surface area (Å²) < 4.78 is 25.8. The monoisotopic (exact) mass is 270 g/mol. The number of rotatable bonds is 4. The van der Waals surface area contributed by atoms with Gasteiger partial charge in [-0.25, -0.2) is 4.57 Å². The predicted molar refractivity (Wildman–Crippen MR) is 59.5 cm³/mol. The molecule has 0 spiro atoms. The molecule has 4 nitrogen and oxygen atoms in total. The van der Waals surface area contributed by atoms with E-state index in [9.17, 15) is 4.57 Å². The van der Waals surface area contributed by atoms with Crippen molar-refractivity contribution in [3.05, 3.63) is 18.2 Å². The fraction of sp³-hybridized carbons (Fsp3) is 0.250. The highest BCUT2D eigenvalue weighted by molar-refractivity contribution is 8.05. The Balaban J connectivity index is 3.02. The Hall–Kier alpha value is -0.570. The van der Waals surface area contributed by atoms with E-state index in [0.717, 1.165) is 0 Å². The topological polar surface area (TPSA) is 44.8 Å². The van der Waals surface area contributed by atoms with Gasteiger partial charge in [0, 0.05) is 40.7 Å². The Morgan fingerprint density at radius 3 is 1.73 bits per heavy atom. The molecule has 0 aliphatic carbocycles. The minimum Gasteiger partial charge on any atom is -0.496 e. The molecule has 0 aromatic heterocycles. The van der Waals surface area contributed by atoms with Crippen molar-refractivity contribution in [2.75, 3.05) is 14.2 Å². The Bertz CT molecular complexity index is 368. The predicted octanol–water partition coefficient (Wildman–Crippen LogP) is 3.67. The maximum Gasteiger partial charge on any atom is 0.428 e. The molecule has 1 rings (SSSR count). The fourth-order valence-electron chi connectivity index (χ4n) is 0.957.